The first kappa shape index (κ1) is 31.6. The molecule has 3 heterocycles. The number of amides is 2. The second kappa shape index (κ2) is 13.3. The number of benzene rings is 3. The van der Waals surface area contributed by atoms with Crippen molar-refractivity contribution in [2.24, 2.45) is 7.05 Å². The fourth-order valence-electron chi connectivity index (χ4n) is 7.33. The van der Waals surface area contributed by atoms with Crippen molar-refractivity contribution in [3.63, 3.8) is 0 Å². The van der Waals surface area contributed by atoms with Gasteiger partial charge in [0.05, 0.1) is 5.69 Å². The summed E-state index contributed by atoms with van der Waals surface area (Å²) in [6.07, 6.45) is 3.98. The number of nitrogens with zero attached hydrogens (tertiary/aromatic N) is 3. The van der Waals surface area contributed by atoms with E-state index in [-0.39, 0.29) is 17.7 Å². The lowest BCUT2D eigenvalue weighted by molar-refractivity contribution is -0.118. The molecule has 3 N–H and O–H groups in total. The van der Waals surface area contributed by atoms with E-state index in [0.29, 0.717) is 11.4 Å². The number of aromatic nitrogens is 3. The van der Waals surface area contributed by atoms with Gasteiger partial charge in [0.25, 0.3) is 5.91 Å². The molecule has 0 unspecified atom stereocenters. The molecule has 0 spiro atoms. The Balaban J connectivity index is 1.20. The van der Waals surface area contributed by atoms with E-state index in [1.165, 1.54) is 23.1 Å². The number of rotatable bonds is 9. The second-order valence-corrected chi connectivity index (χ2v) is 13.5. The van der Waals surface area contributed by atoms with Crippen LogP contribution >= 0.6 is 0 Å². The molecule has 7 rings (SSSR count). The minimum atomic E-state index is -0.766. The quantitative estimate of drug-likeness (QED) is 0.161. The van der Waals surface area contributed by atoms with E-state index in [0.717, 1.165) is 78.2 Å². The number of likely N-dealkylation sites (tertiary alicyclic amines) is 1. The topological polar surface area (TPSA) is 95.0 Å². The molecule has 1 aliphatic heterocycles. The normalized spacial score (nSPS) is 16.5. The lowest BCUT2D eigenvalue weighted by Gasteiger charge is -2.33. The van der Waals surface area contributed by atoms with Gasteiger partial charge in [-0.3, -0.25) is 19.6 Å². The van der Waals surface area contributed by atoms with E-state index in [1.54, 1.807) is 0 Å². The van der Waals surface area contributed by atoms with Crippen LogP contribution < -0.4 is 10.6 Å². The van der Waals surface area contributed by atoms with Crippen molar-refractivity contribution < 1.29 is 9.59 Å². The molecule has 1 fully saturated rings. The number of nitrogens with one attached hydrogen (secondary N) is 3. The van der Waals surface area contributed by atoms with Crippen molar-refractivity contribution in [2.75, 3.05) is 18.4 Å². The molecule has 8 heteroatoms. The summed E-state index contributed by atoms with van der Waals surface area (Å²) in [5, 5.41) is 13.7. The van der Waals surface area contributed by atoms with Crippen LogP contribution in [0.1, 0.15) is 69.4 Å². The van der Waals surface area contributed by atoms with Gasteiger partial charge in [-0.1, -0.05) is 48.5 Å². The molecular formula is C40H44N6O2. The van der Waals surface area contributed by atoms with Gasteiger partial charge in [-0.2, -0.15) is 5.10 Å². The van der Waals surface area contributed by atoms with Crippen molar-refractivity contribution in [3.05, 3.63) is 118 Å². The molecular weight excluding hydrogens is 596 g/mol. The van der Waals surface area contributed by atoms with Crippen LogP contribution in [0, 0.1) is 20.8 Å². The molecule has 0 bridgehead atoms. The zero-order chi connectivity index (χ0) is 33.4. The van der Waals surface area contributed by atoms with E-state index in [2.05, 4.69) is 68.2 Å². The predicted octanol–water partition coefficient (Wildman–Crippen LogP) is 7.07. The van der Waals surface area contributed by atoms with Crippen molar-refractivity contribution in [1.82, 2.24) is 25.0 Å². The summed E-state index contributed by atoms with van der Waals surface area (Å²) in [4.78, 5) is 30.5. The average Bonchev–Trinajstić information content (AvgIpc) is 3.60. The number of H-pyrrole nitrogens is 1. The third kappa shape index (κ3) is 6.32. The standard InChI is InChI=1S/C40H44N6O2/c1-25-12-19-36(45(25)4)39(47)42-38(40(48)41-33-17-15-30(16-18-33)37-26(2)43-44-27(37)3)34-11-6-9-29-13-14-32(23-35(29)34)31-10-5-8-28(22-31)24-46-20-7-21-46/h5,8,10,12-19,22-23,34,38H,6-7,9,11,20-21,24H2,1-4H3,(H,41,48)(H,42,47)(H,43,44)/t34-,38+/m1/s1. The second-order valence-electron chi connectivity index (χ2n) is 13.5. The average molecular weight is 641 g/mol. The van der Waals surface area contributed by atoms with Crippen LogP contribution in [0.2, 0.25) is 0 Å². The maximum atomic E-state index is 14.3. The summed E-state index contributed by atoms with van der Waals surface area (Å²) in [5.74, 6) is -0.662. The van der Waals surface area contributed by atoms with Crippen molar-refractivity contribution in [2.45, 2.75) is 65.0 Å². The number of aryl methyl sites for hydroxylation is 4. The van der Waals surface area contributed by atoms with E-state index in [9.17, 15) is 9.59 Å². The van der Waals surface area contributed by atoms with E-state index < -0.39 is 6.04 Å². The number of carbonyl (C=O) groups excluding carboxylic acids is 2. The van der Waals surface area contributed by atoms with Crippen molar-refractivity contribution in [1.29, 1.82) is 0 Å². The Bertz CT molecular complexity index is 1950. The Morgan fingerprint density at radius 3 is 2.38 bits per heavy atom. The lowest BCUT2D eigenvalue weighted by atomic mass is 9.77. The minimum absolute atomic E-state index is 0.182. The number of fused-ring (bicyclic) bond motifs is 1. The highest BCUT2D eigenvalue weighted by atomic mass is 16.2. The molecule has 2 aliphatic rings. The van der Waals surface area contributed by atoms with Crippen LogP contribution in [-0.2, 0) is 24.8 Å². The number of hydrogen-bond donors (Lipinski definition) is 3. The summed E-state index contributed by atoms with van der Waals surface area (Å²) in [7, 11) is 1.88. The summed E-state index contributed by atoms with van der Waals surface area (Å²) >= 11 is 0. The molecule has 0 saturated carbocycles. The predicted molar refractivity (Wildman–Crippen MR) is 191 cm³/mol. The number of anilines is 1. The lowest BCUT2D eigenvalue weighted by Crippen LogP contribution is -2.48. The SMILES string of the molecule is Cc1n[nH]c(C)c1-c1ccc(NC(=O)[C@@H](NC(=O)c2ccc(C)n2C)[C@@H]2CCCc3ccc(-c4cccc(CN5CCC5)c4)cc32)cc1. The van der Waals surface area contributed by atoms with Gasteiger partial charge in [-0.15, -0.1) is 0 Å². The zero-order valence-electron chi connectivity index (χ0n) is 28.3. The first-order valence-corrected chi connectivity index (χ1v) is 17.1. The van der Waals surface area contributed by atoms with E-state index >= 15 is 0 Å². The molecule has 5 aromatic rings. The summed E-state index contributed by atoms with van der Waals surface area (Å²) in [5.41, 5.74) is 12.2. The third-order valence-electron chi connectivity index (χ3n) is 10.3. The highest BCUT2D eigenvalue weighted by molar-refractivity contribution is 6.01. The highest BCUT2D eigenvalue weighted by Gasteiger charge is 2.35. The summed E-state index contributed by atoms with van der Waals surface area (Å²) in [6.45, 7) is 9.25. The summed E-state index contributed by atoms with van der Waals surface area (Å²) < 4.78 is 1.86. The van der Waals surface area contributed by atoms with Gasteiger partial charge in [-0.05, 0) is 123 Å². The first-order chi connectivity index (χ1) is 23.2. The molecule has 48 heavy (non-hydrogen) atoms. The van der Waals surface area contributed by atoms with Gasteiger partial charge < -0.3 is 15.2 Å². The Hall–Kier alpha value is -4.95. The summed E-state index contributed by atoms with van der Waals surface area (Å²) in [6, 6.07) is 26.3. The molecule has 3 aromatic carbocycles. The Morgan fingerprint density at radius 2 is 1.69 bits per heavy atom. The van der Waals surface area contributed by atoms with Gasteiger partial charge in [0, 0.05) is 42.1 Å². The van der Waals surface area contributed by atoms with Gasteiger partial charge >= 0.3 is 0 Å². The number of carbonyl (C=O) groups is 2. The maximum absolute atomic E-state index is 14.3. The minimum Gasteiger partial charge on any atom is -0.344 e. The van der Waals surface area contributed by atoms with Crippen molar-refractivity contribution in [3.8, 4) is 22.3 Å². The largest absolute Gasteiger partial charge is 0.344 e. The number of aromatic amines is 1. The maximum Gasteiger partial charge on any atom is 0.268 e. The van der Waals surface area contributed by atoms with Crippen LogP contribution in [0.5, 0.6) is 0 Å². The number of hydrogen-bond acceptors (Lipinski definition) is 4. The zero-order valence-corrected chi connectivity index (χ0v) is 28.3. The van der Waals surface area contributed by atoms with E-state index in [1.807, 2.05) is 68.8 Å². The molecule has 2 atom stereocenters. The Kier molecular flexibility index (Phi) is 8.75. The molecule has 246 valence electrons. The molecule has 8 nitrogen and oxygen atoms in total. The van der Waals surface area contributed by atoms with Gasteiger partial charge in [0.15, 0.2) is 0 Å². The fourth-order valence-corrected chi connectivity index (χ4v) is 7.33. The van der Waals surface area contributed by atoms with Crippen LogP contribution in [0.4, 0.5) is 5.69 Å². The highest BCUT2D eigenvalue weighted by Crippen LogP contribution is 2.38. The molecule has 2 amide bonds. The molecule has 1 aliphatic carbocycles. The monoisotopic (exact) mass is 640 g/mol. The van der Waals surface area contributed by atoms with Crippen LogP contribution in [-0.4, -0.2) is 50.6 Å². The van der Waals surface area contributed by atoms with Gasteiger partial charge in [-0.25, -0.2) is 0 Å². The Morgan fingerprint density at radius 1 is 0.917 bits per heavy atom. The Labute approximate surface area is 282 Å². The third-order valence-corrected chi connectivity index (χ3v) is 10.3. The van der Waals surface area contributed by atoms with Gasteiger partial charge in [0.2, 0.25) is 5.91 Å². The smallest absolute Gasteiger partial charge is 0.268 e. The fraction of sp³-hybridized carbons (Fsp3) is 0.325. The van der Waals surface area contributed by atoms with E-state index in [4.69, 9.17) is 0 Å². The van der Waals surface area contributed by atoms with Crippen molar-refractivity contribution >= 4 is 17.5 Å². The van der Waals surface area contributed by atoms with Gasteiger partial charge in [0.1, 0.15) is 11.7 Å². The van der Waals surface area contributed by atoms with Crippen LogP contribution in [0.15, 0.2) is 78.9 Å². The molecule has 2 aromatic heterocycles. The molecule has 1 saturated heterocycles. The first-order valence-electron chi connectivity index (χ1n) is 17.1. The molecule has 0 radical (unpaired) electrons. The van der Waals surface area contributed by atoms with Crippen LogP contribution in [0.3, 0.4) is 0 Å². The van der Waals surface area contributed by atoms with Crippen LogP contribution in [0.25, 0.3) is 22.3 Å².